The van der Waals surface area contributed by atoms with Crippen LogP contribution in [0, 0.1) is 5.82 Å². The van der Waals surface area contributed by atoms with E-state index in [9.17, 15) is 4.39 Å². The van der Waals surface area contributed by atoms with Crippen molar-refractivity contribution in [3.8, 4) is 0 Å². The summed E-state index contributed by atoms with van der Waals surface area (Å²) in [5.41, 5.74) is 2.07. The average molecular weight is 333 g/mol. The van der Waals surface area contributed by atoms with Crippen molar-refractivity contribution in [3.05, 3.63) is 24.0 Å². The molecular formula is C15H16FN5OS. The number of H-pyrrole nitrogens is 1. The van der Waals surface area contributed by atoms with Gasteiger partial charge in [-0.05, 0) is 18.2 Å². The quantitative estimate of drug-likeness (QED) is 0.737. The Labute approximate surface area is 136 Å². The van der Waals surface area contributed by atoms with Crippen molar-refractivity contribution in [2.24, 2.45) is 0 Å². The first-order chi connectivity index (χ1) is 11.3. The molecule has 2 aromatic heterocycles. The molecule has 1 aliphatic heterocycles. The summed E-state index contributed by atoms with van der Waals surface area (Å²) >= 11 is 1.58. The second-order valence-electron chi connectivity index (χ2n) is 5.41. The maximum atomic E-state index is 13.4. The van der Waals surface area contributed by atoms with Crippen LogP contribution >= 0.6 is 11.8 Å². The molecular weight excluding hydrogens is 317 g/mol. The summed E-state index contributed by atoms with van der Waals surface area (Å²) in [7, 11) is 0. The summed E-state index contributed by atoms with van der Waals surface area (Å²) in [5, 5.41) is 9.72. The molecule has 0 spiro atoms. The number of benzene rings is 1. The van der Waals surface area contributed by atoms with E-state index in [1.807, 2.05) is 0 Å². The van der Waals surface area contributed by atoms with Crippen molar-refractivity contribution >= 4 is 33.8 Å². The molecule has 6 nitrogen and oxygen atoms in total. The zero-order valence-corrected chi connectivity index (χ0v) is 13.3. The number of halogens is 1. The Kier molecular flexibility index (Phi) is 4.11. The molecule has 0 radical (unpaired) electrons. The first kappa shape index (κ1) is 14.8. The van der Waals surface area contributed by atoms with Crippen molar-refractivity contribution in [1.82, 2.24) is 25.1 Å². The van der Waals surface area contributed by atoms with Crippen LogP contribution in [0.5, 0.6) is 0 Å². The van der Waals surface area contributed by atoms with Crippen LogP contribution in [-0.2, 0) is 4.74 Å². The van der Waals surface area contributed by atoms with Gasteiger partial charge >= 0.3 is 0 Å². The molecule has 8 heteroatoms. The summed E-state index contributed by atoms with van der Waals surface area (Å²) < 4.78 is 18.7. The molecule has 0 unspecified atom stereocenters. The fourth-order valence-corrected chi connectivity index (χ4v) is 3.47. The molecule has 3 aromatic rings. The number of hydrogen-bond acceptors (Lipinski definition) is 6. The molecule has 1 aromatic carbocycles. The lowest BCUT2D eigenvalue weighted by Crippen LogP contribution is -2.37. The third kappa shape index (κ3) is 3.15. The summed E-state index contributed by atoms with van der Waals surface area (Å²) in [6.07, 6.45) is 0. The van der Waals surface area contributed by atoms with Crippen molar-refractivity contribution < 1.29 is 9.13 Å². The molecule has 0 amide bonds. The van der Waals surface area contributed by atoms with Gasteiger partial charge in [0.2, 0.25) is 5.16 Å². The molecule has 0 bridgehead atoms. The normalized spacial score (nSPS) is 16.4. The number of ether oxygens (including phenoxy) is 1. The number of thioether (sulfide) groups is 1. The van der Waals surface area contributed by atoms with Crippen LogP contribution in [0.4, 0.5) is 4.39 Å². The maximum Gasteiger partial charge on any atom is 0.211 e. The van der Waals surface area contributed by atoms with Crippen molar-refractivity contribution in [3.63, 3.8) is 0 Å². The SMILES string of the molecule is Fc1ccc2[nH]c3nc(SCCN4CCOCC4)nnc3c2c1. The molecule has 23 heavy (non-hydrogen) atoms. The number of aromatic amines is 1. The summed E-state index contributed by atoms with van der Waals surface area (Å²) in [6, 6.07) is 4.57. The Hall–Kier alpha value is -1.77. The molecule has 0 saturated carbocycles. The first-order valence-corrected chi connectivity index (χ1v) is 8.53. The van der Waals surface area contributed by atoms with E-state index in [0.717, 1.165) is 44.1 Å². The van der Waals surface area contributed by atoms with Gasteiger partial charge in [-0.1, -0.05) is 11.8 Å². The largest absolute Gasteiger partial charge is 0.379 e. The van der Waals surface area contributed by atoms with Crippen LogP contribution in [0.3, 0.4) is 0 Å². The molecule has 1 N–H and O–H groups in total. The summed E-state index contributed by atoms with van der Waals surface area (Å²) in [4.78, 5) is 10.0. The van der Waals surface area contributed by atoms with E-state index in [1.165, 1.54) is 12.1 Å². The van der Waals surface area contributed by atoms with E-state index in [0.29, 0.717) is 21.7 Å². The Morgan fingerprint density at radius 1 is 1.26 bits per heavy atom. The molecule has 120 valence electrons. The minimum atomic E-state index is -0.288. The molecule has 1 aliphatic rings. The second-order valence-corrected chi connectivity index (χ2v) is 6.47. The lowest BCUT2D eigenvalue weighted by Gasteiger charge is -2.26. The highest BCUT2D eigenvalue weighted by molar-refractivity contribution is 7.99. The third-order valence-corrected chi connectivity index (χ3v) is 4.72. The van der Waals surface area contributed by atoms with E-state index in [1.54, 1.807) is 17.8 Å². The van der Waals surface area contributed by atoms with Gasteiger partial charge in [0.15, 0.2) is 5.65 Å². The van der Waals surface area contributed by atoms with Gasteiger partial charge in [0, 0.05) is 36.3 Å². The van der Waals surface area contributed by atoms with E-state index in [4.69, 9.17) is 4.74 Å². The van der Waals surface area contributed by atoms with Crippen molar-refractivity contribution in [1.29, 1.82) is 0 Å². The van der Waals surface area contributed by atoms with Crippen LogP contribution in [0.15, 0.2) is 23.4 Å². The number of fused-ring (bicyclic) bond motifs is 3. The fourth-order valence-electron chi connectivity index (χ4n) is 2.68. The molecule has 0 aliphatic carbocycles. The second kappa shape index (κ2) is 6.38. The Bertz CT molecular complexity index is 833. The van der Waals surface area contributed by atoms with Crippen LogP contribution in [0.1, 0.15) is 0 Å². The number of aromatic nitrogens is 4. The minimum Gasteiger partial charge on any atom is -0.379 e. The van der Waals surface area contributed by atoms with Gasteiger partial charge in [0.25, 0.3) is 0 Å². The average Bonchev–Trinajstić information content (AvgIpc) is 2.93. The monoisotopic (exact) mass is 333 g/mol. The standard InChI is InChI=1S/C15H16FN5OS/c16-10-1-2-12-11(9-10)13-14(17-12)18-15(20-19-13)23-8-5-21-3-6-22-7-4-21/h1-2,9H,3-8H2,(H,17,18,20). The summed E-state index contributed by atoms with van der Waals surface area (Å²) in [6.45, 7) is 4.55. The van der Waals surface area contributed by atoms with Gasteiger partial charge in [0.1, 0.15) is 11.3 Å². The third-order valence-electron chi connectivity index (χ3n) is 3.90. The van der Waals surface area contributed by atoms with E-state index in [2.05, 4.69) is 25.1 Å². The topological polar surface area (TPSA) is 66.9 Å². The number of hydrogen-bond donors (Lipinski definition) is 1. The predicted octanol–water partition coefficient (Wildman–Crippen LogP) is 2.07. The highest BCUT2D eigenvalue weighted by Gasteiger charge is 2.12. The van der Waals surface area contributed by atoms with Gasteiger partial charge in [0.05, 0.1) is 13.2 Å². The zero-order valence-electron chi connectivity index (χ0n) is 12.5. The van der Waals surface area contributed by atoms with Gasteiger partial charge in [-0.3, -0.25) is 4.90 Å². The number of rotatable bonds is 4. The number of nitrogens with one attached hydrogen (secondary N) is 1. The van der Waals surface area contributed by atoms with Crippen molar-refractivity contribution in [2.45, 2.75) is 5.16 Å². The zero-order chi connectivity index (χ0) is 15.6. The van der Waals surface area contributed by atoms with Crippen LogP contribution in [0.25, 0.3) is 22.1 Å². The van der Waals surface area contributed by atoms with E-state index in [-0.39, 0.29) is 5.82 Å². The minimum absolute atomic E-state index is 0.288. The fraction of sp³-hybridized carbons (Fsp3) is 0.400. The lowest BCUT2D eigenvalue weighted by molar-refractivity contribution is 0.0410. The van der Waals surface area contributed by atoms with Gasteiger partial charge < -0.3 is 9.72 Å². The van der Waals surface area contributed by atoms with Gasteiger partial charge in [-0.2, -0.15) is 0 Å². The highest BCUT2D eigenvalue weighted by Crippen LogP contribution is 2.24. The van der Waals surface area contributed by atoms with Crippen LogP contribution in [0.2, 0.25) is 0 Å². The highest BCUT2D eigenvalue weighted by atomic mass is 32.2. The predicted molar refractivity (Wildman–Crippen MR) is 87.1 cm³/mol. The van der Waals surface area contributed by atoms with Crippen molar-refractivity contribution in [2.75, 3.05) is 38.6 Å². The lowest BCUT2D eigenvalue weighted by atomic mass is 10.2. The molecule has 1 fully saturated rings. The smallest absolute Gasteiger partial charge is 0.211 e. The van der Waals surface area contributed by atoms with E-state index < -0.39 is 0 Å². The molecule has 0 atom stereocenters. The van der Waals surface area contributed by atoms with Crippen LogP contribution < -0.4 is 0 Å². The van der Waals surface area contributed by atoms with Gasteiger partial charge in [-0.15, -0.1) is 10.2 Å². The van der Waals surface area contributed by atoms with E-state index >= 15 is 0 Å². The molecule has 1 saturated heterocycles. The first-order valence-electron chi connectivity index (χ1n) is 7.54. The number of morpholine rings is 1. The maximum absolute atomic E-state index is 13.4. The van der Waals surface area contributed by atoms with Gasteiger partial charge in [-0.25, -0.2) is 9.37 Å². The molecule has 3 heterocycles. The summed E-state index contributed by atoms with van der Waals surface area (Å²) in [5.74, 6) is 0.617. The Balaban J connectivity index is 1.49. The van der Waals surface area contributed by atoms with Crippen LogP contribution in [-0.4, -0.2) is 63.7 Å². The Morgan fingerprint density at radius 2 is 2.13 bits per heavy atom. The Morgan fingerprint density at radius 3 is 3.00 bits per heavy atom. The number of nitrogens with zero attached hydrogens (tertiary/aromatic N) is 4. The molecule has 4 rings (SSSR count).